The first-order chi connectivity index (χ1) is 10.3. The number of rotatable bonds is 6. The molecule has 0 radical (unpaired) electrons. The molecule has 4 nitrogen and oxygen atoms in total. The number of carbonyl (C=O) groups is 1. The Balaban J connectivity index is 2.15. The van der Waals surface area contributed by atoms with Crippen LogP contribution in [0.5, 0.6) is 0 Å². The van der Waals surface area contributed by atoms with E-state index in [2.05, 4.69) is 5.32 Å². The molecule has 0 spiro atoms. The molecule has 0 fully saturated rings. The van der Waals surface area contributed by atoms with Gasteiger partial charge in [-0.15, -0.1) is 0 Å². The molecule has 1 N–H and O–H groups in total. The van der Waals surface area contributed by atoms with Gasteiger partial charge in [-0.2, -0.15) is 0 Å². The number of anilines is 1. The van der Waals surface area contributed by atoms with Gasteiger partial charge in [-0.3, -0.25) is 0 Å². The predicted octanol–water partition coefficient (Wildman–Crippen LogP) is 3.23. The van der Waals surface area contributed by atoms with Crippen LogP contribution in [0.4, 0.5) is 5.69 Å². The molecular weight excluding hydrogens is 266 g/mol. The van der Waals surface area contributed by atoms with Gasteiger partial charge in [0.05, 0.1) is 19.3 Å². The van der Waals surface area contributed by atoms with Crippen molar-refractivity contribution >= 4 is 11.7 Å². The van der Waals surface area contributed by atoms with E-state index in [0.29, 0.717) is 18.7 Å². The van der Waals surface area contributed by atoms with Crippen LogP contribution < -0.4 is 5.32 Å². The lowest BCUT2D eigenvalue weighted by molar-refractivity contribution is 0.0602. The van der Waals surface area contributed by atoms with Crippen LogP contribution in [0, 0.1) is 0 Å². The van der Waals surface area contributed by atoms with Crippen molar-refractivity contribution in [3.63, 3.8) is 0 Å². The fraction of sp³-hybridized carbons (Fsp3) is 0.235. The first-order valence-corrected chi connectivity index (χ1v) is 6.73. The first-order valence-electron chi connectivity index (χ1n) is 6.73. The van der Waals surface area contributed by atoms with E-state index in [0.717, 1.165) is 16.8 Å². The van der Waals surface area contributed by atoms with Crippen molar-refractivity contribution < 1.29 is 14.3 Å². The van der Waals surface area contributed by atoms with Gasteiger partial charge in [0.15, 0.2) is 0 Å². The van der Waals surface area contributed by atoms with E-state index in [-0.39, 0.29) is 5.97 Å². The van der Waals surface area contributed by atoms with Crippen LogP contribution in [0.15, 0.2) is 48.5 Å². The normalized spacial score (nSPS) is 10.2. The van der Waals surface area contributed by atoms with Crippen LogP contribution in [0.25, 0.3) is 0 Å². The van der Waals surface area contributed by atoms with E-state index in [1.54, 1.807) is 13.2 Å². The van der Waals surface area contributed by atoms with Gasteiger partial charge in [-0.05, 0) is 23.3 Å². The van der Waals surface area contributed by atoms with Crippen molar-refractivity contribution in [2.24, 2.45) is 0 Å². The van der Waals surface area contributed by atoms with E-state index in [1.807, 2.05) is 42.5 Å². The summed E-state index contributed by atoms with van der Waals surface area (Å²) in [6, 6.07) is 15.4. The van der Waals surface area contributed by atoms with Crippen LogP contribution in [-0.2, 0) is 22.6 Å². The summed E-state index contributed by atoms with van der Waals surface area (Å²) in [5.41, 5.74) is 3.56. The number of nitrogens with one attached hydrogen (secondary N) is 1. The Morgan fingerprint density at radius 2 is 1.67 bits per heavy atom. The van der Waals surface area contributed by atoms with Crippen LogP contribution >= 0.6 is 0 Å². The van der Waals surface area contributed by atoms with Crippen LogP contribution in [0.1, 0.15) is 21.5 Å². The smallest absolute Gasteiger partial charge is 0.339 e. The molecule has 0 aliphatic carbocycles. The van der Waals surface area contributed by atoms with Crippen molar-refractivity contribution in [1.82, 2.24) is 0 Å². The highest BCUT2D eigenvalue weighted by atomic mass is 16.5. The van der Waals surface area contributed by atoms with Gasteiger partial charge in [0.2, 0.25) is 0 Å². The van der Waals surface area contributed by atoms with E-state index in [4.69, 9.17) is 9.47 Å². The number of hydrogen-bond donors (Lipinski definition) is 1. The lowest BCUT2D eigenvalue weighted by Gasteiger charge is -2.13. The third-order valence-corrected chi connectivity index (χ3v) is 3.22. The van der Waals surface area contributed by atoms with Crippen LogP contribution in [0.3, 0.4) is 0 Å². The van der Waals surface area contributed by atoms with Crippen molar-refractivity contribution in [1.29, 1.82) is 0 Å². The largest absolute Gasteiger partial charge is 0.465 e. The zero-order valence-corrected chi connectivity index (χ0v) is 12.3. The number of carbonyl (C=O) groups excluding carboxylic acids is 1. The Morgan fingerprint density at radius 3 is 2.38 bits per heavy atom. The lowest BCUT2D eigenvalue weighted by atomic mass is 10.1. The molecule has 2 aromatic rings. The summed E-state index contributed by atoms with van der Waals surface area (Å²) in [4.78, 5) is 11.7. The zero-order chi connectivity index (χ0) is 15.1. The number of hydrogen-bond acceptors (Lipinski definition) is 4. The number of benzene rings is 2. The van der Waals surface area contributed by atoms with Gasteiger partial charge in [0, 0.05) is 19.3 Å². The molecule has 110 valence electrons. The molecule has 0 heterocycles. The summed E-state index contributed by atoms with van der Waals surface area (Å²) in [5, 5.41) is 3.29. The van der Waals surface area contributed by atoms with Gasteiger partial charge in [0.25, 0.3) is 0 Å². The maximum absolute atomic E-state index is 11.7. The molecule has 2 rings (SSSR count). The SMILES string of the molecule is COCc1ccccc1CNc1ccccc1C(=O)OC. The van der Waals surface area contributed by atoms with Crippen molar-refractivity contribution in [3.8, 4) is 0 Å². The second-order valence-corrected chi connectivity index (χ2v) is 4.59. The highest BCUT2D eigenvalue weighted by Crippen LogP contribution is 2.18. The number of para-hydroxylation sites is 1. The molecule has 0 bridgehead atoms. The molecule has 0 unspecified atom stereocenters. The summed E-state index contributed by atoms with van der Waals surface area (Å²) >= 11 is 0. The minimum Gasteiger partial charge on any atom is -0.465 e. The quantitative estimate of drug-likeness (QED) is 0.828. The predicted molar refractivity (Wildman–Crippen MR) is 82.3 cm³/mol. The Hall–Kier alpha value is -2.33. The lowest BCUT2D eigenvalue weighted by Crippen LogP contribution is -2.09. The Bertz CT molecular complexity index is 610. The molecule has 2 aromatic carbocycles. The Morgan fingerprint density at radius 1 is 1.00 bits per heavy atom. The van der Waals surface area contributed by atoms with E-state index in [9.17, 15) is 4.79 Å². The monoisotopic (exact) mass is 285 g/mol. The van der Waals surface area contributed by atoms with Crippen molar-refractivity contribution in [2.75, 3.05) is 19.5 Å². The van der Waals surface area contributed by atoms with Crippen molar-refractivity contribution in [3.05, 3.63) is 65.2 Å². The average molecular weight is 285 g/mol. The maximum atomic E-state index is 11.7. The van der Waals surface area contributed by atoms with Gasteiger partial charge >= 0.3 is 5.97 Å². The zero-order valence-electron chi connectivity index (χ0n) is 12.3. The van der Waals surface area contributed by atoms with Gasteiger partial charge in [-0.1, -0.05) is 36.4 Å². The van der Waals surface area contributed by atoms with Gasteiger partial charge in [-0.25, -0.2) is 4.79 Å². The molecule has 0 amide bonds. The van der Waals surface area contributed by atoms with Crippen molar-refractivity contribution in [2.45, 2.75) is 13.2 Å². The summed E-state index contributed by atoms with van der Waals surface area (Å²) in [6.45, 7) is 1.18. The summed E-state index contributed by atoms with van der Waals surface area (Å²) in [6.07, 6.45) is 0. The first kappa shape index (κ1) is 15.1. The highest BCUT2D eigenvalue weighted by molar-refractivity contribution is 5.95. The number of methoxy groups -OCH3 is 2. The molecule has 21 heavy (non-hydrogen) atoms. The standard InChI is InChI=1S/C17H19NO3/c1-20-12-14-8-4-3-7-13(14)11-18-16-10-6-5-9-15(16)17(19)21-2/h3-10,18H,11-12H2,1-2H3. The number of ether oxygens (including phenoxy) is 2. The molecule has 0 aliphatic heterocycles. The minimum absolute atomic E-state index is 0.344. The second-order valence-electron chi connectivity index (χ2n) is 4.59. The summed E-state index contributed by atoms with van der Waals surface area (Å²) in [7, 11) is 3.06. The Labute approximate surface area is 124 Å². The minimum atomic E-state index is -0.344. The van der Waals surface area contributed by atoms with Crippen LogP contribution in [0.2, 0.25) is 0 Å². The van der Waals surface area contributed by atoms with E-state index >= 15 is 0 Å². The maximum Gasteiger partial charge on any atom is 0.339 e. The van der Waals surface area contributed by atoms with E-state index in [1.165, 1.54) is 7.11 Å². The molecular formula is C17H19NO3. The molecule has 0 atom stereocenters. The van der Waals surface area contributed by atoms with E-state index < -0.39 is 0 Å². The summed E-state index contributed by atoms with van der Waals surface area (Å²) < 4.78 is 9.99. The average Bonchev–Trinajstić information content (AvgIpc) is 2.54. The topological polar surface area (TPSA) is 47.6 Å². The second kappa shape index (κ2) is 7.45. The van der Waals surface area contributed by atoms with Gasteiger partial charge < -0.3 is 14.8 Å². The molecule has 0 saturated heterocycles. The van der Waals surface area contributed by atoms with Gasteiger partial charge in [0.1, 0.15) is 0 Å². The fourth-order valence-electron chi connectivity index (χ4n) is 2.14. The summed E-state index contributed by atoms with van der Waals surface area (Å²) in [5.74, 6) is -0.344. The molecule has 0 aromatic heterocycles. The third-order valence-electron chi connectivity index (χ3n) is 3.22. The van der Waals surface area contributed by atoms with Crippen LogP contribution in [-0.4, -0.2) is 20.2 Å². The highest BCUT2D eigenvalue weighted by Gasteiger charge is 2.11. The molecule has 0 aliphatic rings. The molecule has 4 heteroatoms. The number of esters is 1. The third kappa shape index (κ3) is 3.83. The fourth-order valence-corrected chi connectivity index (χ4v) is 2.14. The Kier molecular flexibility index (Phi) is 5.35. The molecule has 0 saturated carbocycles.